The van der Waals surface area contributed by atoms with Gasteiger partial charge in [-0.05, 0) is 50.1 Å². The molecule has 0 aliphatic heterocycles. The van der Waals surface area contributed by atoms with Gasteiger partial charge >= 0.3 is 0 Å². The highest BCUT2D eigenvalue weighted by atomic mass is 79.9. The van der Waals surface area contributed by atoms with Crippen molar-refractivity contribution in [1.29, 1.82) is 0 Å². The van der Waals surface area contributed by atoms with Gasteiger partial charge in [0.15, 0.2) is 5.65 Å². The second kappa shape index (κ2) is 4.79. The van der Waals surface area contributed by atoms with Crippen LogP contribution in [0.5, 0.6) is 0 Å². The third-order valence-electron chi connectivity index (χ3n) is 2.61. The third kappa shape index (κ3) is 2.27. The van der Waals surface area contributed by atoms with Crippen molar-refractivity contribution in [3.8, 4) is 11.3 Å². The summed E-state index contributed by atoms with van der Waals surface area (Å²) in [6, 6.07) is 10.1. The molecule has 0 aliphatic carbocycles. The van der Waals surface area contributed by atoms with Crippen LogP contribution in [0, 0.1) is 0 Å². The van der Waals surface area contributed by atoms with Crippen LogP contribution in [0.4, 0.5) is 0 Å². The number of pyridine rings is 1. The fourth-order valence-electron chi connectivity index (χ4n) is 1.78. The van der Waals surface area contributed by atoms with Gasteiger partial charge in [0, 0.05) is 26.9 Å². The smallest absolute Gasteiger partial charge is 0.151 e. The molecule has 0 saturated carbocycles. The van der Waals surface area contributed by atoms with Crippen molar-refractivity contribution in [3.63, 3.8) is 0 Å². The van der Waals surface area contributed by atoms with E-state index in [1.165, 1.54) is 0 Å². The first-order chi connectivity index (χ1) is 8.63. The molecule has 5 heteroatoms. The monoisotopic (exact) mass is 428 g/mol. The first-order valence-electron chi connectivity index (χ1n) is 5.23. The molecule has 2 heterocycles. The highest BCUT2D eigenvalue weighted by Gasteiger charge is 2.07. The van der Waals surface area contributed by atoms with Crippen LogP contribution in [-0.2, 0) is 0 Å². The Hall–Kier alpha value is -0.650. The minimum absolute atomic E-state index is 0.913. The Kier molecular flexibility index (Phi) is 3.30. The zero-order valence-electron chi connectivity index (χ0n) is 9.07. The molecule has 0 unspecified atom stereocenters. The van der Waals surface area contributed by atoms with Gasteiger partial charge in [0.25, 0.3) is 0 Å². The standard InChI is InChI=1S/C13H7Br3N2/c14-9-3-1-8(2-4-9)12-7-18-6-10(15)5-11(16)13(18)17-12/h1-7H. The van der Waals surface area contributed by atoms with Crippen LogP contribution in [-0.4, -0.2) is 9.38 Å². The Bertz CT molecular complexity index is 717. The summed E-state index contributed by atoms with van der Waals surface area (Å²) in [6.07, 6.45) is 4.02. The molecule has 90 valence electrons. The van der Waals surface area contributed by atoms with Crippen molar-refractivity contribution < 1.29 is 0 Å². The number of benzene rings is 1. The first-order valence-corrected chi connectivity index (χ1v) is 7.61. The van der Waals surface area contributed by atoms with Crippen LogP contribution in [0.25, 0.3) is 16.9 Å². The minimum Gasteiger partial charge on any atom is -0.304 e. The van der Waals surface area contributed by atoms with Gasteiger partial charge in [0.05, 0.1) is 10.2 Å². The quantitative estimate of drug-likeness (QED) is 0.512. The number of aromatic nitrogens is 2. The lowest BCUT2D eigenvalue weighted by Gasteiger charge is -1.96. The average Bonchev–Trinajstić information content (AvgIpc) is 2.74. The van der Waals surface area contributed by atoms with Gasteiger partial charge in [-0.3, -0.25) is 0 Å². The van der Waals surface area contributed by atoms with Crippen LogP contribution >= 0.6 is 47.8 Å². The Balaban J connectivity index is 2.19. The van der Waals surface area contributed by atoms with Crippen LogP contribution in [0.3, 0.4) is 0 Å². The van der Waals surface area contributed by atoms with Gasteiger partial charge in [-0.2, -0.15) is 0 Å². The zero-order chi connectivity index (χ0) is 12.7. The molecule has 0 N–H and O–H groups in total. The molecule has 3 aromatic rings. The summed E-state index contributed by atoms with van der Waals surface area (Å²) in [6.45, 7) is 0. The lowest BCUT2D eigenvalue weighted by atomic mass is 10.2. The number of hydrogen-bond donors (Lipinski definition) is 0. The van der Waals surface area contributed by atoms with Gasteiger partial charge < -0.3 is 4.40 Å². The molecule has 18 heavy (non-hydrogen) atoms. The fourth-order valence-corrected chi connectivity index (χ4v) is 3.35. The first kappa shape index (κ1) is 12.4. The third-order valence-corrected chi connectivity index (χ3v) is 4.16. The molecule has 2 aromatic heterocycles. The number of rotatable bonds is 1. The molecule has 0 aliphatic rings. The van der Waals surface area contributed by atoms with Crippen LogP contribution < -0.4 is 0 Å². The van der Waals surface area contributed by atoms with Crippen molar-refractivity contribution in [3.05, 3.63) is 56.1 Å². The van der Waals surface area contributed by atoms with Gasteiger partial charge in [-0.25, -0.2) is 4.98 Å². The van der Waals surface area contributed by atoms with Gasteiger partial charge in [-0.1, -0.05) is 28.1 Å². The highest BCUT2D eigenvalue weighted by Crippen LogP contribution is 2.27. The second-order valence-corrected chi connectivity index (χ2v) is 6.56. The molecule has 1 aromatic carbocycles. The summed E-state index contributed by atoms with van der Waals surface area (Å²) >= 11 is 10.4. The molecular formula is C13H7Br3N2. The molecule has 0 bridgehead atoms. The molecule has 0 atom stereocenters. The Morgan fingerprint density at radius 1 is 0.889 bits per heavy atom. The minimum atomic E-state index is 0.913. The van der Waals surface area contributed by atoms with E-state index < -0.39 is 0 Å². The molecule has 0 amide bonds. The van der Waals surface area contributed by atoms with Crippen molar-refractivity contribution in [2.45, 2.75) is 0 Å². The molecule has 0 saturated heterocycles. The van der Waals surface area contributed by atoms with E-state index in [2.05, 4.69) is 64.9 Å². The van der Waals surface area contributed by atoms with E-state index in [1.807, 2.05) is 35.0 Å². The maximum atomic E-state index is 4.63. The van der Waals surface area contributed by atoms with Crippen LogP contribution in [0.2, 0.25) is 0 Å². The Morgan fingerprint density at radius 3 is 2.33 bits per heavy atom. The van der Waals surface area contributed by atoms with Gasteiger partial charge in [0.2, 0.25) is 0 Å². The largest absolute Gasteiger partial charge is 0.304 e. The molecular weight excluding hydrogens is 424 g/mol. The molecule has 2 nitrogen and oxygen atoms in total. The highest BCUT2D eigenvalue weighted by molar-refractivity contribution is 9.11. The number of hydrogen-bond acceptors (Lipinski definition) is 1. The van der Waals surface area contributed by atoms with Crippen LogP contribution in [0.1, 0.15) is 0 Å². The summed E-state index contributed by atoms with van der Waals surface area (Å²) in [5.41, 5.74) is 2.97. The summed E-state index contributed by atoms with van der Waals surface area (Å²) < 4.78 is 5.06. The molecule has 3 rings (SSSR count). The lowest BCUT2D eigenvalue weighted by Crippen LogP contribution is -1.83. The molecule has 0 spiro atoms. The van der Waals surface area contributed by atoms with E-state index in [0.29, 0.717) is 0 Å². The number of nitrogens with zero attached hydrogens (tertiary/aromatic N) is 2. The van der Waals surface area contributed by atoms with E-state index in [4.69, 9.17) is 0 Å². The van der Waals surface area contributed by atoms with Crippen molar-refractivity contribution in [2.24, 2.45) is 0 Å². The summed E-state index contributed by atoms with van der Waals surface area (Å²) in [5.74, 6) is 0. The average molecular weight is 431 g/mol. The Labute approximate surface area is 129 Å². The summed E-state index contributed by atoms with van der Waals surface area (Å²) in [5, 5.41) is 0. The second-order valence-electron chi connectivity index (χ2n) is 3.87. The Morgan fingerprint density at radius 2 is 1.61 bits per heavy atom. The summed E-state index contributed by atoms with van der Waals surface area (Å²) in [7, 11) is 0. The van der Waals surface area contributed by atoms with Crippen LogP contribution in [0.15, 0.2) is 56.1 Å². The fraction of sp³-hybridized carbons (Fsp3) is 0. The van der Waals surface area contributed by atoms with Crippen molar-refractivity contribution in [2.75, 3.05) is 0 Å². The predicted molar refractivity (Wildman–Crippen MR) is 83.7 cm³/mol. The maximum absolute atomic E-state index is 4.63. The zero-order valence-corrected chi connectivity index (χ0v) is 13.8. The topological polar surface area (TPSA) is 17.3 Å². The normalized spacial score (nSPS) is 11.1. The SMILES string of the molecule is Brc1ccc(-c2cn3cc(Br)cc(Br)c3n2)cc1. The van der Waals surface area contributed by atoms with E-state index in [1.54, 1.807) is 0 Å². The predicted octanol–water partition coefficient (Wildman–Crippen LogP) is 5.29. The molecule has 0 radical (unpaired) electrons. The maximum Gasteiger partial charge on any atom is 0.151 e. The molecule has 0 fully saturated rings. The van der Waals surface area contributed by atoms with E-state index in [9.17, 15) is 0 Å². The number of imidazole rings is 1. The number of halogens is 3. The van der Waals surface area contributed by atoms with E-state index >= 15 is 0 Å². The lowest BCUT2D eigenvalue weighted by molar-refractivity contribution is 1.17. The van der Waals surface area contributed by atoms with Gasteiger partial charge in [0.1, 0.15) is 0 Å². The van der Waals surface area contributed by atoms with E-state index in [0.717, 1.165) is 30.3 Å². The summed E-state index contributed by atoms with van der Waals surface area (Å²) in [4.78, 5) is 4.63. The van der Waals surface area contributed by atoms with E-state index in [-0.39, 0.29) is 0 Å². The van der Waals surface area contributed by atoms with Gasteiger partial charge in [-0.15, -0.1) is 0 Å². The number of fused-ring (bicyclic) bond motifs is 1. The van der Waals surface area contributed by atoms with Crippen molar-refractivity contribution >= 4 is 53.4 Å². The van der Waals surface area contributed by atoms with Crippen molar-refractivity contribution in [1.82, 2.24) is 9.38 Å².